The van der Waals surface area contributed by atoms with Gasteiger partial charge in [0.05, 0.1) is 0 Å². The summed E-state index contributed by atoms with van der Waals surface area (Å²) in [5.41, 5.74) is 10.1. The summed E-state index contributed by atoms with van der Waals surface area (Å²) >= 11 is 0. The van der Waals surface area contributed by atoms with E-state index in [9.17, 15) is 5.11 Å². The summed E-state index contributed by atoms with van der Waals surface area (Å²) < 4.78 is 0. The van der Waals surface area contributed by atoms with Gasteiger partial charge in [-0.05, 0) is 57.3 Å². The zero-order valence-electron chi connectivity index (χ0n) is 20.0. The standard InChI is InChI=1S/C30H29N3O/c1-18(2)20-16-26(19(3)4)30(34)27(17-20)24-13-8-6-11-22(24)21-10-5-7-12-23(21)25-14-9-15-28-29(25)32-33-31-28/h5-19,34H,1-4H3,(H,31,32,33). The minimum absolute atomic E-state index is 0.224. The molecular formula is C30H29N3O. The van der Waals surface area contributed by atoms with Crippen LogP contribution in [0.5, 0.6) is 5.75 Å². The molecule has 1 heterocycles. The van der Waals surface area contributed by atoms with E-state index >= 15 is 0 Å². The van der Waals surface area contributed by atoms with Gasteiger partial charge in [0.1, 0.15) is 16.8 Å². The number of aromatic amines is 1. The number of para-hydroxylation sites is 1. The van der Waals surface area contributed by atoms with Crippen LogP contribution in [0.25, 0.3) is 44.4 Å². The molecule has 0 radical (unpaired) electrons. The molecule has 0 aliphatic rings. The fraction of sp³-hybridized carbons (Fsp3) is 0.200. The molecule has 4 heteroatoms. The summed E-state index contributed by atoms with van der Waals surface area (Å²) in [7, 11) is 0. The Morgan fingerprint density at radius 1 is 0.618 bits per heavy atom. The quantitative estimate of drug-likeness (QED) is 0.288. The SMILES string of the molecule is CC(C)c1cc(-c2ccccc2-c2ccccc2-c2cccc3n[nH]nc23)c(O)c(C(C)C)c1. The van der Waals surface area contributed by atoms with E-state index in [0.29, 0.717) is 11.7 Å². The number of rotatable bonds is 5. The molecular weight excluding hydrogens is 418 g/mol. The summed E-state index contributed by atoms with van der Waals surface area (Å²) in [5.74, 6) is 0.950. The van der Waals surface area contributed by atoms with Crippen LogP contribution in [-0.2, 0) is 0 Å². The molecule has 0 fully saturated rings. The van der Waals surface area contributed by atoms with Gasteiger partial charge in [0.2, 0.25) is 0 Å². The average Bonchev–Trinajstić information content (AvgIpc) is 3.33. The molecule has 0 bridgehead atoms. The van der Waals surface area contributed by atoms with Gasteiger partial charge in [-0.15, -0.1) is 0 Å². The lowest BCUT2D eigenvalue weighted by atomic mass is 9.85. The molecule has 0 saturated carbocycles. The van der Waals surface area contributed by atoms with Crippen LogP contribution in [0.2, 0.25) is 0 Å². The van der Waals surface area contributed by atoms with Crippen molar-refractivity contribution in [1.29, 1.82) is 0 Å². The van der Waals surface area contributed by atoms with E-state index in [-0.39, 0.29) is 5.92 Å². The summed E-state index contributed by atoms with van der Waals surface area (Å²) in [6.07, 6.45) is 0. The fourth-order valence-corrected chi connectivity index (χ4v) is 4.65. The molecule has 0 spiro atoms. The summed E-state index contributed by atoms with van der Waals surface area (Å²) in [4.78, 5) is 0. The van der Waals surface area contributed by atoms with Gasteiger partial charge in [-0.3, -0.25) is 0 Å². The molecule has 0 aliphatic carbocycles. The lowest BCUT2D eigenvalue weighted by Crippen LogP contribution is -1.97. The highest BCUT2D eigenvalue weighted by atomic mass is 16.3. The van der Waals surface area contributed by atoms with Crippen LogP contribution in [0, 0.1) is 0 Å². The van der Waals surface area contributed by atoms with Gasteiger partial charge in [-0.2, -0.15) is 15.4 Å². The number of fused-ring (bicyclic) bond motifs is 1. The lowest BCUT2D eigenvalue weighted by Gasteiger charge is -2.20. The largest absolute Gasteiger partial charge is 0.507 e. The molecule has 5 aromatic rings. The van der Waals surface area contributed by atoms with Gasteiger partial charge in [-0.25, -0.2) is 0 Å². The van der Waals surface area contributed by atoms with Crippen LogP contribution in [-0.4, -0.2) is 20.5 Å². The first kappa shape index (κ1) is 21.9. The minimum Gasteiger partial charge on any atom is -0.507 e. The van der Waals surface area contributed by atoms with Gasteiger partial charge in [-0.1, -0.05) is 94.4 Å². The molecule has 1 aromatic heterocycles. The number of phenolic OH excluding ortho intramolecular Hbond substituents is 1. The van der Waals surface area contributed by atoms with Crippen molar-refractivity contribution in [2.75, 3.05) is 0 Å². The zero-order valence-corrected chi connectivity index (χ0v) is 20.0. The minimum atomic E-state index is 0.224. The smallest absolute Gasteiger partial charge is 0.126 e. The normalized spacial score (nSPS) is 11.6. The molecule has 0 amide bonds. The van der Waals surface area contributed by atoms with Crippen LogP contribution < -0.4 is 0 Å². The van der Waals surface area contributed by atoms with Gasteiger partial charge >= 0.3 is 0 Å². The number of nitrogens with one attached hydrogen (secondary N) is 1. The number of aromatic nitrogens is 3. The van der Waals surface area contributed by atoms with Crippen molar-refractivity contribution in [3.8, 4) is 39.1 Å². The van der Waals surface area contributed by atoms with E-state index in [1.165, 1.54) is 5.56 Å². The van der Waals surface area contributed by atoms with Gasteiger partial charge < -0.3 is 5.11 Å². The predicted molar refractivity (Wildman–Crippen MR) is 140 cm³/mol. The summed E-state index contributed by atoms with van der Waals surface area (Å²) in [6, 6.07) is 27.0. The number of H-pyrrole nitrogens is 1. The number of phenols is 1. The fourth-order valence-electron chi connectivity index (χ4n) is 4.65. The number of hydrogen-bond donors (Lipinski definition) is 2. The summed E-state index contributed by atoms with van der Waals surface area (Å²) in [6.45, 7) is 8.64. The first-order chi connectivity index (χ1) is 16.5. The van der Waals surface area contributed by atoms with Crippen LogP contribution in [0.3, 0.4) is 0 Å². The maximum absolute atomic E-state index is 11.4. The van der Waals surface area contributed by atoms with Crippen molar-refractivity contribution in [3.05, 3.63) is 90.0 Å². The third-order valence-electron chi connectivity index (χ3n) is 6.52. The van der Waals surface area contributed by atoms with Crippen molar-refractivity contribution in [2.45, 2.75) is 39.5 Å². The highest BCUT2D eigenvalue weighted by Crippen LogP contribution is 2.44. The Kier molecular flexibility index (Phi) is 5.66. The monoisotopic (exact) mass is 447 g/mol. The molecule has 34 heavy (non-hydrogen) atoms. The van der Waals surface area contributed by atoms with E-state index < -0.39 is 0 Å². The zero-order chi connectivity index (χ0) is 23.8. The Morgan fingerprint density at radius 3 is 1.76 bits per heavy atom. The van der Waals surface area contributed by atoms with Crippen LogP contribution in [0.15, 0.2) is 78.9 Å². The van der Waals surface area contributed by atoms with E-state index in [4.69, 9.17) is 0 Å². The molecule has 0 atom stereocenters. The van der Waals surface area contributed by atoms with E-state index in [1.54, 1.807) is 0 Å². The molecule has 4 nitrogen and oxygen atoms in total. The molecule has 0 saturated heterocycles. The molecule has 170 valence electrons. The van der Waals surface area contributed by atoms with Crippen molar-refractivity contribution in [2.24, 2.45) is 0 Å². The molecule has 4 aromatic carbocycles. The maximum Gasteiger partial charge on any atom is 0.126 e. The molecule has 5 rings (SSSR count). The van der Waals surface area contributed by atoms with E-state index in [0.717, 1.165) is 50.0 Å². The number of aromatic hydroxyl groups is 1. The third kappa shape index (κ3) is 3.75. The Hall–Kier alpha value is -3.92. The first-order valence-corrected chi connectivity index (χ1v) is 11.8. The number of nitrogens with zero attached hydrogens (tertiary/aromatic N) is 2. The van der Waals surface area contributed by atoms with E-state index in [2.05, 4.69) is 97.7 Å². The topological polar surface area (TPSA) is 61.8 Å². The maximum atomic E-state index is 11.4. The first-order valence-electron chi connectivity index (χ1n) is 11.8. The van der Waals surface area contributed by atoms with Crippen LogP contribution >= 0.6 is 0 Å². The van der Waals surface area contributed by atoms with Crippen molar-refractivity contribution in [3.63, 3.8) is 0 Å². The molecule has 2 N–H and O–H groups in total. The summed E-state index contributed by atoms with van der Waals surface area (Å²) in [5, 5.41) is 22.8. The van der Waals surface area contributed by atoms with Gasteiger partial charge in [0, 0.05) is 11.1 Å². The Bertz CT molecular complexity index is 1480. The van der Waals surface area contributed by atoms with Crippen LogP contribution in [0.4, 0.5) is 0 Å². The highest BCUT2D eigenvalue weighted by Gasteiger charge is 2.20. The van der Waals surface area contributed by atoms with Crippen LogP contribution in [0.1, 0.15) is 50.7 Å². The van der Waals surface area contributed by atoms with Gasteiger partial charge in [0.15, 0.2) is 0 Å². The lowest BCUT2D eigenvalue weighted by molar-refractivity contribution is 0.466. The number of benzene rings is 4. The Balaban J connectivity index is 1.77. The van der Waals surface area contributed by atoms with Crippen molar-refractivity contribution in [1.82, 2.24) is 15.4 Å². The van der Waals surface area contributed by atoms with Crippen molar-refractivity contribution < 1.29 is 5.11 Å². The van der Waals surface area contributed by atoms with Gasteiger partial charge in [0.25, 0.3) is 0 Å². The second-order valence-electron chi connectivity index (χ2n) is 9.40. The third-order valence-corrected chi connectivity index (χ3v) is 6.52. The molecule has 0 aliphatic heterocycles. The average molecular weight is 448 g/mol. The highest BCUT2D eigenvalue weighted by molar-refractivity contribution is 5.99. The second kappa shape index (κ2) is 8.79. The second-order valence-corrected chi connectivity index (χ2v) is 9.40. The number of hydrogen-bond acceptors (Lipinski definition) is 3. The molecule has 0 unspecified atom stereocenters. The Labute approximate surface area is 200 Å². The predicted octanol–water partition coefficient (Wildman–Crippen LogP) is 7.91. The van der Waals surface area contributed by atoms with Crippen molar-refractivity contribution >= 4 is 11.0 Å². The van der Waals surface area contributed by atoms with E-state index in [1.807, 2.05) is 24.3 Å². The Morgan fingerprint density at radius 2 is 1.18 bits per heavy atom.